The molecule has 0 aliphatic carbocycles. The predicted molar refractivity (Wildman–Crippen MR) is 110 cm³/mol. The fraction of sp³-hybridized carbons (Fsp3) is 0.333. The topological polar surface area (TPSA) is 125 Å². The molecule has 10 nitrogen and oxygen atoms in total. The number of anilines is 1. The van der Waals surface area contributed by atoms with E-state index in [9.17, 15) is 13.2 Å². The maximum Gasteiger partial charge on any atom is 0.340 e. The van der Waals surface area contributed by atoms with Crippen molar-refractivity contribution in [3.05, 3.63) is 40.0 Å². The van der Waals surface area contributed by atoms with Crippen molar-refractivity contribution >= 4 is 39.1 Å². The van der Waals surface area contributed by atoms with Crippen molar-refractivity contribution in [1.82, 2.24) is 19.6 Å². The van der Waals surface area contributed by atoms with Crippen LogP contribution < -0.4 is 9.46 Å². The first kappa shape index (κ1) is 21.8. The molecule has 2 aromatic heterocycles. The molecule has 0 aliphatic heterocycles. The summed E-state index contributed by atoms with van der Waals surface area (Å²) in [5, 5.41) is 3.73. The van der Waals surface area contributed by atoms with Gasteiger partial charge in [0.15, 0.2) is 0 Å². The number of methoxy groups -OCH3 is 1. The summed E-state index contributed by atoms with van der Waals surface area (Å²) in [5.41, 5.74) is 1.02. The molecule has 0 bridgehead atoms. The van der Waals surface area contributed by atoms with Crippen LogP contribution in [0.5, 0.6) is 5.88 Å². The number of aryl methyl sites for hydroxylation is 1. The Labute approximate surface area is 178 Å². The molecule has 0 amide bonds. The van der Waals surface area contributed by atoms with Crippen molar-refractivity contribution in [1.29, 1.82) is 0 Å². The zero-order chi connectivity index (χ0) is 22.2. The molecule has 2 heterocycles. The molecular weight excluding hydrogens is 434 g/mol. The van der Waals surface area contributed by atoms with Gasteiger partial charge in [-0.2, -0.15) is 18.4 Å². The smallest absolute Gasteiger partial charge is 0.340 e. The van der Waals surface area contributed by atoms with E-state index < -0.39 is 21.1 Å². The van der Waals surface area contributed by atoms with Crippen LogP contribution in [0.4, 0.5) is 5.69 Å². The summed E-state index contributed by atoms with van der Waals surface area (Å²) < 4.78 is 39.8. The minimum absolute atomic E-state index is 0.00581. The van der Waals surface area contributed by atoms with E-state index in [1.807, 2.05) is 0 Å². The molecule has 1 N–H and O–H groups in total. The van der Waals surface area contributed by atoms with Crippen molar-refractivity contribution in [2.24, 2.45) is 0 Å². The van der Waals surface area contributed by atoms with Crippen LogP contribution in [0.2, 0.25) is 5.02 Å². The summed E-state index contributed by atoms with van der Waals surface area (Å²) in [6, 6.07) is 2.89. The molecule has 0 atom stereocenters. The third-order valence-electron chi connectivity index (χ3n) is 4.08. The van der Waals surface area contributed by atoms with E-state index in [1.165, 1.54) is 23.8 Å². The number of halogens is 1. The number of nitrogens with zero attached hydrogens (tertiary/aromatic N) is 4. The highest BCUT2D eigenvalue weighted by Crippen LogP contribution is 2.30. The van der Waals surface area contributed by atoms with Crippen LogP contribution in [0.25, 0.3) is 5.78 Å². The molecule has 30 heavy (non-hydrogen) atoms. The number of carbonyl (C=O) groups is 1. The Kier molecular flexibility index (Phi) is 5.86. The SMILES string of the molecule is COc1nc2nc(S(=O)(=O)Nc3c(C(=O)OC(C)C)ccc(Cl)c3C)nn2cc1C. The maximum absolute atomic E-state index is 13.0. The van der Waals surface area contributed by atoms with Gasteiger partial charge in [0.25, 0.3) is 21.0 Å². The number of benzene rings is 1. The van der Waals surface area contributed by atoms with Crippen LogP contribution in [-0.4, -0.2) is 47.2 Å². The molecule has 0 saturated carbocycles. The Bertz CT molecular complexity index is 1240. The van der Waals surface area contributed by atoms with E-state index in [0.717, 1.165) is 0 Å². The van der Waals surface area contributed by atoms with E-state index >= 15 is 0 Å². The number of ether oxygens (including phenoxy) is 2. The average molecular weight is 454 g/mol. The molecule has 12 heteroatoms. The largest absolute Gasteiger partial charge is 0.481 e. The van der Waals surface area contributed by atoms with Crippen LogP contribution >= 0.6 is 11.6 Å². The molecular formula is C18H20ClN5O5S. The van der Waals surface area contributed by atoms with Gasteiger partial charge in [-0.1, -0.05) is 11.6 Å². The van der Waals surface area contributed by atoms with E-state index in [2.05, 4.69) is 19.8 Å². The normalized spacial score (nSPS) is 11.7. The van der Waals surface area contributed by atoms with Gasteiger partial charge in [-0.3, -0.25) is 4.72 Å². The summed E-state index contributed by atoms with van der Waals surface area (Å²) in [4.78, 5) is 20.5. The van der Waals surface area contributed by atoms with Crippen LogP contribution in [0.15, 0.2) is 23.5 Å². The maximum atomic E-state index is 13.0. The lowest BCUT2D eigenvalue weighted by molar-refractivity contribution is 0.0379. The highest BCUT2D eigenvalue weighted by molar-refractivity contribution is 7.92. The molecule has 0 radical (unpaired) electrons. The van der Waals surface area contributed by atoms with Gasteiger partial charge in [-0.15, -0.1) is 5.10 Å². The minimum Gasteiger partial charge on any atom is -0.481 e. The third-order valence-corrected chi connectivity index (χ3v) is 5.62. The Balaban J connectivity index is 2.06. The lowest BCUT2D eigenvalue weighted by Crippen LogP contribution is -2.20. The fourth-order valence-corrected chi connectivity index (χ4v) is 3.82. The number of esters is 1. The van der Waals surface area contributed by atoms with Crippen LogP contribution in [-0.2, 0) is 14.8 Å². The molecule has 0 fully saturated rings. The van der Waals surface area contributed by atoms with Crippen molar-refractivity contribution in [2.45, 2.75) is 39.0 Å². The number of nitrogens with one attached hydrogen (secondary N) is 1. The summed E-state index contributed by atoms with van der Waals surface area (Å²) in [6.45, 7) is 6.70. The van der Waals surface area contributed by atoms with Crippen molar-refractivity contribution in [3.63, 3.8) is 0 Å². The highest BCUT2D eigenvalue weighted by Gasteiger charge is 2.26. The van der Waals surface area contributed by atoms with Gasteiger partial charge >= 0.3 is 5.97 Å². The predicted octanol–water partition coefficient (Wildman–Crippen LogP) is 2.77. The van der Waals surface area contributed by atoms with Crippen LogP contribution in [0.1, 0.15) is 35.3 Å². The van der Waals surface area contributed by atoms with Gasteiger partial charge in [0, 0.05) is 16.8 Å². The molecule has 3 rings (SSSR count). The summed E-state index contributed by atoms with van der Waals surface area (Å²) in [5.74, 6) is -0.344. The van der Waals surface area contributed by atoms with E-state index in [0.29, 0.717) is 17.0 Å². The Morgan fingerprint density at radius 1 is 1.23 bits per heavy atom. The van der Waals surface area contributed by atoms with Crippen LogP contribution in [0.3, 0.4) is 0 Å². The number of sulfonamides is 1. The van der Waals surface area contributed by atoms with Crippen LogP contribution in [0, 0.1) is 13.8 Å². The van der Waals surface area contributed by atoms with Gasteiger partial charge in [0.1, 0.15) is 0 Å². The number of aromatic nitrogens is 4. The fourth-order valence-electron chi connectivity index (χ4n) is 2.64. The Morgan fingerprint density at radius 3 is 2.57 bits per heavy atom. The zero-order valence-corrected chi connectivity index (χ0v) is 18.5. The van der Waals surface area contributed by atoms with Crippen molar-refractivity contribution < 1.29 is 22.7 Å². The van der Waals surface area contributed by atoms with Gasteiger partial charge in [-0.25, -0.2) is 9.31 Å². The first-order chi connectivity index (χ1) is 14.0. The quantitative estimate of drug-likeness (QED) is 0.565. The van der Waals surface area contributed by atoms with Gasteiger partial charge < -0.3 is 9.47 Å². The lowest BCUT2D eigenvalue weighted by atomic mass is 10.1. The van der Waals surface area contributed by atoms with Crippen molar-refractivity contribution in [3.8, 4) is 5.88 Å². The number of carbonyl (C=O) groups excluding carboxylic acids is 1. The summed E-state index contributed by atoms with van der Waals surface area (Å²) >= 11 is 6.14. The first-order valence-electron chi connectivity index (χ1n) is 8.84. The summed E-state index contributed by atoms with van der Waals surface area (Å²) in [7, 11) is -2.83. The third kappa shape index (κ3) is 4.17. The monoisotopic (exact) mass is 453 g/mol. The molecule has 0 aliphatic rings. The highest BCUT2D eigenvalue weighted by atomic mass is 35.5. The molecule has 160 valence electrons. The molecule has 3 aromatic rings. The molecule has 0 spiro atoms. The lowest BCUT2D eigenvalue weighted by Gasteiger charge is -2.15. The minimum atomic E-state index is -4.27. The second kappa shape index (κ2) is 8.07. The van der Waals surface area contributed by atoms with E-state index in [-0.39, 0.29) is 28.2 Å². The molecule has 1 aromatic carbocycles. The van der Waals surface area contributed by atoms with Crippen molar-refractivity contribution in [2.75, 3.05) is 11.8 Å². The number of hydrogen-bond donors (Lipinski definition) is 1. The number of fused-ring (bicyclic) bond motifs is 1. The zero-order valence-electron chi connectivity index (χ0n) is 16.9. The Hall–Kier alpha value is -2.92. The van der Waals surface area contributed by atoms with E-state index in [1.54, 1.807) is 33.9 Å². The standard InChI is InChI=1S/C18H20ClN5O5S/c1-9(2)29-16(25)12-6-7-13(19)11(4)14(12)23-30(26,27)18-21-17-20-15(28-5)10(3)8-24(17)22-18/h6-9,23H,1-5H3. The number of hydrogen-bond acceptors (Lipinski definition) is 8. The summed E-state index contributed by atoms with van der Waals surface area (Å²) in [6.07, 6.45) is 1.16. The Morgan fingerprint density at radius 2 is 1.93 bits per heavy atom. The van der Waals surface area contributed by atoms with Gasteiger partial charge in [0.05, 0.1) is 24.5 Å². The van der Waals surface area contributed by atoms with Gasteiger partial charge in [0.2, 0.25) is 5.88 Å². The molecule has 0 unspecified atom stereocenters. The first-order valence-corrected chi connectivity index (χ1v) is 10.7. The molecule has 0 saturated heterocycles. The van der Waals surface area contributed by atoms with E-state index in [4.69, 9.17) is 21.1 Å². The second-order valence-corrected chi connectivity index (χ2v) is 8.71. The van der Waals surface area contributed by atoms with Gasteiger partial charge in [-0.05, 0) is 45.4 Å². The number of rotatable bonds is 6. The second-order valence-electron chi connectivity index (χ2n) is 6.73. The average Bonchev–Trinajstić information content (AvgIpc) is 3.07.